The van der Waals surface area contributed by atoms with E-state index in [1.165, 1.54) is 11.8 Å². The highest BCUT2D eigenvalue weighted by Crippen LogP contribution is 2.38. The predicted molar refractivity (Wildman–Crippen MR) is 123 cm³/mol. The van der Waals surface area contributed by atoms with Gasteiger partial charge >= 0.3 is 0 Å². The van der Waals surface area contributed by atoms with Gasteiger partial charge in [-0.1, -0.05) is 42.5 Å². The second kappa shape index (κ2) is 8.88. The molecule has 150 valence electrons. The van der Waals surface area contributed by atoms with Crippen LogP contribution in [0.4, 0.5) is 11.4 Å². The number of amides is 1. The van der Waals surface area contributed by atoms with Crippen molar-refractivity contribution in [3.8, 4) is 11.5 Å². The lowest BCUT2D eigenvalue weighted by molar-refractivity contribution is -0.113. The van der Waals surface area contributed by atoms with Crippen molar-refractivity contribution in [3.63, 3.8) is 0 Å². The molecule has 0 unspecified atom stereocenters. The zero-order valence-corrected chi connectivity index (χ0v) is 17.4. The number of aliphatic imine (C=N–C) groups is 1. The lowest BCUT2D eigenvalue weighted by Gasteiger charge is -2.15. The minimum absolute atomic E-state index is 0.115. The predicted octanol–water partition coefficient (Wildman–Crippen LogP) is 5.51. The molecule has 3 aromatic rings. The number of carbonyl (C=O) groups excluding carboxylic acids is 1. The van der Waals surface area contributed by atoms with Gasteiger partial charge in [0.15, 0.2) is 16.7 Å². The summed E-state index contributed by atoms with van der Waals surface area (Å²) in [5.74, 6) is 1.14. The number of amidine groups is 1. The first-order chi connectivity index (χ1) is 14.7. The smallest absolute Gasteiger partial charge is 0.271 e. The number of para-hydroxylation sites is 2. The molecule has 0 bridgehead atoms. The fraction of sp³-hybridized carbons (Fsp3) is 0.0833. The Morgan fingerprint density at radius 1 is 0.867 bits per heavy atom. The second-order valence-electron chi connectivity index (χ2n) is 6.43. The standard InChI is InChI=1S/C24H20N2O3S/c1-28-20-14-13-17(15-21(20)29-2)16-22-23(27)26(19-11-7-4-8-12-19)24(30-22)25-18-9-5-3-6-10-18/h3-16H,1-2H3. The molecule has 0 aromatic heterocycles. The van der Waals surface area contributed by atoms with Crippen LogP contribution in [-0.4, -0.2) is 25.3 Å². The van der Waals surface area contributed by atoms with Crippen LogP contribution in [0, 0.1) is 0 Å². The summed E-state index contributed by atoms with van der Waals surface area (Å²) < 4.78 is 10.7. The summed E-state index contributed by atoms with van der Waals surface area (Å²) in [5, 5.41) is 0.615. The SMILES string of the molecule is COc1ccc(C=C2SC(=Nc3ccccc3)N(c3ccccc3)C2=O)cc1OC. The van der Waals surface area contributed by atoms with Crippen LogP contribution >= 0.6 is 11.8 Å². The average molecular weight is 417 g/mol. The summed E-state index contributed by atoms with van der Waals surface area (Å²) in [4.78, 5) is 20.2. The van der Waals surface area contributed by atoms with E-state index in [-0.39, 0.29) is 5.91 Å². The van der Waals surface area contributed by atoms with Crippen molar-refractivity contribution >= 4 is 40.3 Å². The van der Waals surface area contributed by atoms with E-state index in [4.69, 9.17) is 14.5 Å². The zero-order valence-electron chi connectivity index (χ0n) is 16.6. The molecule has 30 heavy (non-hydrogen) atoms. The molecule has 1 aliphatic heterocycles. The monoisotopic (exact) mass is 416 g/mol. The van der Waals surface area contributed by atoms with Gasteiger partial charge in [0.2, 0.25) is 0 Å². The highest BCUT2D eigenvalue weighted by atomic mass is 32.2. The number of methoxy groups -OCH3 is 2. The van der Waals surface area contributed by atoms with Crippen molar-refractivity contribution in [1.82, 2.24) is 0 Å². The van der Waals surface area contributed by atoms with Gasteiger partial charge in [-0.15, -0.1) is 0 Å². The van der Waals surface area contributed by atoms with E-state index >= 15 is 0 Å². The van der Waals surface area contributed by atoms with Gasteiger partial charge in [-0.25, -0.2) is 4.99 Å². The molecule has 0 saturated carbocycles. The minimum Gasteiger partial charge on any atom is -0.493 e. The van der Waals surface area contributed by atoms with Gasteiger partial charge in [0.05, 0.1) is 30.5 Å². The number of thioether (sulfide) groups is 1. The Labute approximate surface area is 179 Å². The van der Waals surface area contributed by atoms with Gasteiger partial charge < -0.3 is 9.47 Å². The molecule has 0 spiro atoms. The van der Waals surface area contributed by atoms with Crippen LogP contribution in [0.2, 0.25) is 0 Å². The van der Waals surface area contributed by atoms with Crippen LogP contribution in [-0.2, 0) is 4.79 Å². The number of hydrogen-bond acceptors (Lipinski definition) is 5. The van der Waals surface area contributed by atoms with Crippen molar-refractivity contribution in [3.05, 3.63) is 89.3 Å². The largest absolute Gasteiger partial charge is 0.493 e. The molecule has 5 nitrogen and oxygen atoms in total. The molecule has 1 fully saturated rings. The molecule has 1 amide bonds. The summed E-state index contributed by atoms with van der Waals surface area (Å²) in [6.45, 7) is 0. The number of carbonyl (C=O) groups is 1. The highest BCUT2D eigenvalue weighted by molar-refractivity contribution is 8.19. The molecule has 0 radical (unpaired) electrons. The Morgan fingerprint density at radius 3 is 2.20 bits per heavy atom. The lowest BCUT2D eigenvalue weighted by Crippen LogP contribution is -2.28. The summed E-state index contributed by atoms with van der Waals surface area (Å²) in [7, 11) is 3.18. The summed E-state index contributed by atoms with van der Waals surface area (Å²) in [5.41, 5.74) is 2.42. The second-order valence-corrected chi connectivity index (χ2v) is 7.44. The summed E-state index contributed by atoms with van der Waals surface area (Å²) >= 11 is 1.35. The molecular formula is C24H20N2O3S. The van der Waals surface area contributed by atoms with E-state index in [1.807, 2.05) is 84.9 Å². The zero-order chi connectivity index (χ0) is 20.9. The molecule has 0 aliphatic carbocycles. The average Bonchev–Trinajstić information content (AvgIpc) is 3.09. The molecule has 0 atom stereocenters. The van der Waals surface area contributed by atoms with Crippen LogP contribution in [0.5, 0.6) is 11.5 Å². The van der Waals surface area contributed by atoms with Crippen LogP contribution in [0.15, 0.2) is 88.8 Å². The number of hydrogen-bond donors (Lipinski definition) is 0. The van der Waals surface area contributed by atoms with Crippen LogP contribution in [0.1, 0.15) is 5.56 Å². The number of benzene rings is 3. The van der Waals surface area contributed by atoms with Crippen LogP contribution in [0.25, 0.3) is 6.08 Å². The molecule has 3 aromatic carbocycles. The van der Waals surface area contributed by atoms with E-state index in [0.717, 1.165) is 16.9 Å². The van der Waals surface area contributed by atoms with Crippen molar-refractivity contribution in [2.45, 2.75) is 0 Å². The van der Waals surface area contributed by atoms with Gasteiger partial charge in [0.1, 0.15) is 0 Å². The fourth-order valence-corrected chi connectivity index (χ4v) is 4.06. The first-order valence-corrected chi connectivity index (χ1v) is 10.2. The summed E-state index contributed by atoms with van der Waals surface area (Å²) in [6.07, 6.45) is 1.85. The van der Waals surface area contributed by atoms with E-state index < -0.39 is 0 Å². The van der Waals surface area contributed by atoms with Crippen molar-refractivity contribution in [1.29, 1.82) is 0 Å². The maximum atomic E-state index is 13.3. The van der Waals surface area contributed by atoms with Gasteiger partial charge in [-0.2, -0.15) is 0 Å². The van der Waals surface area contributed by atoms with Gasteiger partial charge in [0.25, 0.3) is 5.91 Å². The first-order valence-electron chi connectivity index (χ1n) is 9.34. The number of rotatable bonds is 5. The molecule has 4 rings (SSSR count). The van der Waals surface area contributed by atoms with E-state index in [2.05, 4.69) is 0 Å². The Kier molecular flexibility index (Phi) is 5.86. The first kappa shape index (κ1) is 19.8. The topological polar surface area (TPSA) is 51.1 Å². The Balaban J connectivity index is 1.75. The number of anilines is 1. The Hall–Kier alpha value is -3.51. The third-order valence-corrected chi connectivity index (χ3v) is 5.48. The van der Waals surface area contributed by atoms with Crippen LogP contribution in [0.3, 0.4) is 0 Å². The van der Waals surface area contributed by atoms with Crippen LogP contribution < -0.4 is 14.4 Å². The molecule has 1 saturated heterocycles. The maximum Gasteiger partial charge on any atom is 0.271 e. The van der Waals surface area contributed by atoms with Crippen molar-refractivity contribution in [2.75, 3.05) is 19.1 Å². The quantitative estimate of drug-likeness (QED) is 0.515. The molecule has 1 aliphatic rings. The van der Waals surface area contributed by atoms with Crippen molar-refractivity contribution in [2.24, 2.45) is 4.99 Å². The third-order valence-electron chi connectivity index (χ3n) is 4.51. The fourth-order valence-electron chi connectivity index (χ4n) is 3.06. The minimum atomic E-state index is -0.115. The normalized spacial score (nSPS) is 16.3. The molecule has 1 heterocycles. The highest BCUT2D eigenvalue weighted by Gasteiger charge is 2.34. The van der Waals surface area contributed by atoms with Gasteiger partial charge in [-0.3, -0.25) is 9.69 Å². The third kappa shape index (κ3) is 4.09. The molecule has 0 N–H and O–H groups in total. The maximum absolute atomic E-state index is 13.3. The Morgan fingerprint density at radius 2 is 1.53 bits per heavy atom. The number of nitrogens with zero attached hydrogens (tertiary/aromatic N) is 2. The molecule has 6 heteroatoms. The van der Waals surface area contributed by atoms with Gasteiger partial charge in [-0.05, 0) is 59.8 Å². The molecular weight excluding hydrogens is 396 g/mol. The van der Waals surface area contributed by atoms with E-state index in [1.54, 1.807) is 19.1 Å². The lowest BCUT2D eigenvalue weighted by atomic mass is 10.2. The summed E-state index contributed by atoms with van der Waals surface area (Å²) in [6, 6.07) is 24.7. The Bertz CT molecular complexity index is 1110. The van der Waals surface area contributed by atoms with Crippen molar-refractivity contribution < 1.29 is 14.3 Å². The van der Waals surface area contributed by atoms with Gasteiger partial charge in [0, 0.05) is 0 Å². The van der Waals surface area contributed by atoms with E-state index in [0.29, 0.717) is 21.6 Å². The van der Waals surface area contributed by atoms with E-state index in [9.17, 15) is 4.79 Å². The number of ether oxygens (including phenoxy) is 2.